The number of amides is 2. The molecule has 1 unspecified atom stereocenters. The van der Waals surface area contributed by atoms with E-state index in [0.29, 0.717) is 16.6 Å². The molecule has 1 atom stereocenters. The van der Waals surface area contributed by atoms with Gasteiger partial charge in [-0.3, -0.25) is 14.5 Å². The Bertz CT molecular complexity index is 1480. The fourth-order valence-corrected chi connectivity index (χ4v) is 7.52. The maximum absolute atomic E-state index is 13.5. The molecular weight excluding hydrogens is 569 g/mol. The van der Waals surface area contributed by atoms with Crippen LogP contribution in [0.4, 0.5) is 0 Å². The van der Waals surface area contributed by atoms with Gasteiger partial charge in [-0.1, -0.05) is 30.7 Å². The van der Waals surface area contributed by atoms with Crippen molar-refractivity contribution in [1.82, 2.24) is 24.4 Å². The first-order valence-electron chi connectivity index (χ1n) is 12.1. The molecule has 1 saturated heterocycles. The Morgan fingerprint density at radius 3 is 2.61 bits per heavy atom. The van der Waals surface area contributed by atoms with Gasteiger partial charge in [0, 0.05) is 49.7 Å². The topological polar surface area (TPSA) is 103 Å². The summed E-state index contributed by atoms with van der Waals surface area (Å²) >= 11 is 7.43. The molecule has 0 saturated carbocycles. The number of nitrogens with one attached hydrogen (secondary N) is 1. The number of hydrogen-bond acceptors (Lipinski definition) is 7. The van der Waals surface area contributed by atoms with Crippen molar-refractivity contribution in [2.24, 2.45) is 0 Å². The number of benzene rings is 2. The second-order valence-corrected chi connectivity index (χ2v) is 12.6. The molecule has 5 rings (SSSR count). The van der Waals surface area contributed by atoms with Gasteiger partial charge < -0.3 is 10.2 Å². The molecule has 2 aliphatic rings. The van der Waals surface area contributed by atoms with Crippen molar-refractivity contribution in [3.63, 3.8) is 0 Å². The van der Waals surface area contributed by atoms with Gasteiger partial charge in [0.05, 0.1) is 10.6 Å². The van der Waals surface area contributed by atoms with Crippen molar-refractivity contribution in [2.45, 2.75) is 30.8 Å². The van der Waals surface area contributed by atoms with Crippen LogP contribution in [0.15, 0.2) is 41.3 Å². The summed E-state index contributed by atoms with van der Waals surface area (Å²) in [6, 6.07) is 9.15. The van der Waals surface area contributed by atoms with Crippen LogP contribution in [0, 0.1) is 0 Å². The second-order valence-electron chi connectivity index (χ2n) is 9.15. The predicted octanol–water partition coefficient (Wildman–Crippen LogP) is 3.01. The number of carbonyl (C=O) groups is 2. The summed E-state index contributed by atoms with van der Waals surface area (Å²) in [6.07, 6.45) is 0.844. The first kappa shape index (κ1) is 28.7. The summed E-state index contributed by atoms with van der Waals surface area (Å²) in [4.78, 5) is 35.9. The Balaban J connectivity index is 0.00000336. The Morgan fingerprint density at radius 1 is 1.13 bits per heavy atom. The molecule has 2 amide bonds. The van der Waals surface area contributed by atoms with Gasteiger partial charge in [0.1, 0.15) is 6.04 Å². The summed E-state index contributed by atoms with van der Waals surface area (Å²) in [7, 11) is -2.42. The normalized spacial score (nSPS) is 18.6. The van der Waals surface area contributed by atoms with Gasteiger partial charge in [-0.05, 0) is 48.0 Å². The van der Waals surface area contributed by atoms with Gasteiger partial charge in [-0.2, -0.15) is 4.31 Å². The molecule has 1 aromatic heterocycles. The molecule has 3 aromatic rings. The molecule has 1 N–H and O–H groups in total. The van der Waals surface area contributed by atoms with Crippen molar-refractivity contribution in [3.05, 3.63) is 57.0 Å². The van der Waals surface area contributed by atoms with E-state index < -0.39 is 22.0 Å². The predicted molar refractivity (Wildman–Crippen MR) is 151 cm³/mol. The maximum Gasteiger partial charge on any atom is 0.283 e. The number of aromatic nitrogens is 1. The van der Waals surface area contributed by atoms with Crippen LogP contribution in [0.25, 0.3) is 10.8 Å². The summed E-state index contributed by atoms with van der Waals surface area (Å²) in [5.74, 6) is -0.754. The largest absolute Gasteiger partial charge is 0.357 e. The van der Waals surface area contributed by atoms with Crippen LogP contribution in [0.3, 0.4) is 0 Å². The van der Waals surface area contributed by atoms with E-state index in [0.717, 1.165) is 40.9 Å². The molecular formula is C25H29Cl2N5O4S2. The number of hydrogen-bond donors (Lipinski definition) is 1. The van der Waals surface area contributed by atoms with Crippen LogP contribution in [0.5, 0.6) is 0 Å². The van der Waals surface area contributed by atoms with Crippen LogP contribution < -0.4 is 5.32 Å². The number of piperazine rings is 1. The minimum Gasteiger partial charge on any atom is -0.357 e. The standard InChI is InChI=1S/C25H28ClN5O4S2.ClH/c1-3-29-9-8-22-20(14-29)28-24(36-22)25(33)31-11-10-30(15-21(31)23(32)27-2)37(34,35)19-7-5-16-12-18(26)6-4-17(16)13-19;/h4-7,12-13,21H,3,8-11,14-15H2,1-2H3,(H,27,32);1H. The highest BCUT2D eigenvalue weighted by molar-refractivity contribution is 7.89. The van der Waals surface area contributed by atoms with Crippen molar-refractivity contribution in [3.8, 4) is 0 Å². The first-order valence-corrected chi connectivity index (χ1v) is 14.8. The van der Waals surface area contributed by atoms with Crippen LogP contribution in [0.2, 0.25) is 5.02 Å². The average Bonchev–Trinajstić information content (AvgIpc) is 3.34. The van der Waals surface area contributed by atoms with Gasteiger partial charge in [0.2, 0.25) is 15.9 Å². The fraction of sp³-hybridized carbons (Fsp3) is 0.400. The van der Waals surface area contributed by atoms with Gasteiger partial charge in [-0.25, -0.2) is 13.4 Å². The highest BCUT2D eigenvalue weighted by Crippen LogP contribution is 2.29. The van der Waals surface area contributed by atoms with Gasteiger partial charge in [0.15, 0.2) is 5.01 Å². The zero-order chi connectivity index (χ0) is 26.3. The van der Waals surface area contributed by atoms with Crippen molar-refractivity contribution >= 4 is 68.0 Å². The van der Waals surface area contributed by atoms with E-state index in [1.165, 1.54) is 27.6 Å². The van der Waals surface area contributed by atoms with Crippen LogP contribution >= 0.6 is 35.3 Å². The highest BCUT2D eigenvalue weighted by atomic mass is 35.5. The number of thiazole rings is 1. The molecule has 0 bridgehead atoms. The van der Waals surface area contributed by atoms with E-state index in [9.17, 15) is 18.0 Å². The number of likely N-dealkylation sites (N-methyl/N-ethyl adjacent to an activating group) is 2. The van der Waals surface area contributed by atoms with E-state index in [1.807, 2.05) is 0 Å². The third-order valence-electron chi connectivity index (χ3n) is 7.00. The van der Waals surface area contributed by atoms with E-state index in [1.54, 1.807) is 36.4 Å². The van der Waals surface area contributed by atoms with Gasteiger partial charge >= 0.3 is 0 Å². The lowest BCUT2D eigenvalue weighted by Crippen LogP contribution is -2.61. The Morgan fingerprint density at radius 2 is 1.87 bits per heavy atom. The fourth-order valence-electron chi connectivity index (χ4n) is 4.85. The number of nitrogens with zero attached hydrogens (tertiary/aromatic N) is 4. The Kier molecular flexibility index (Phi) is 8.65. The maximum atomic E-state index is 13.5. The minimum atomic E-state index is -3.90. The molecule has 2 aromatic carbocycles. The van der Waals surface area contributed by atoms with Crippen molar-refractivity contribution in [1.29, 1.82) is 0 Å². The molecule has 13 heteroatoms. The minimum absolute atomic E-state index is 0. The summed E-state index contributed by atoms with van der Waals surface area (Å²) in [6.45, 7) is 4.68. The lowest BCUT2D eigenvalue weighted by Gasteiger charge is -2.39. The molecule has 3 heterocycles. The monoisotopic (exact) mass is 597 g/mol. The third-order valence-corrected chi connectivity index (χ3v) is 10.2. The third kappa shape index (κ3) is 5.41. The zero-order valence-electron chi connectivity index (χ0n) is 21.0. The molecule has 2 aliphatic heterocycles. The molecule has 0 aliphatic carbocycles. The molecule has 9 nitrogen and oxygen atoms in total. The Labute approximate surface area is 237 Å². The summed E-state index contributed by atoms with van der Waals surface area (Å²) in [5.41, 5.74) is 0.914. The number of carbonyl (C=O) groups excluding carboxylic acids is 2. The molecule has 38 heavy (non-hydrogen) atoms. The second kappa shape index (κ2) is 11.4. The molecule has 0 radical (unpaired) electrons. The lowest BCUT2D eigenvalue weighted by atomic mass is 10.1. The molecule has 0 spiro atoms. The zero-order valence-corrected chi connectivity index (χ0v) is 24.2. The SMILES string of the molecule is CCN1CCc2sc(C(=O)N3CCN(S(=O)(=O)c4ccc5cc(Cl)ccc5c4)CC3C(=O)NC)nc2C1.Cl. The van der Waals surface area contributed by atoms with E-state index in [4.69, 9.17) is 11.6 Å². The molecule has 1 fully saturated rings. The lowest BCUT2D eigenvalue weighted by molar-refractivity contribution is -0.126. The summed E-state index contributed by atoms with van der Waals surface area (Å²) in [5, 5.41) is 5.08. The van der Waals surface area contributed by atoms with Crippen molar-refractivity contribution < 1.29 is 18.0 Å². The Hall–Kier alpha value is -2.28. The smallest absolute Gasteiger partial charge is 0.283 e. The quantitative estimate of drug-likeness (QED) is 0.485. The number of sulfonamides is 1. The highest BCUT2D eigenvalue weighted by Gasteiger charge is 2.41. The number of rotatable bonds is 5. The molecule has 204 valence electrons. The van der Waals surface area contributed by atoms with Crippen LogP contribution in [-0.4, -0.2) is 85.1 Å². The van der Waals surface area contributed by atoms with E-state index in [-0.39, 0.29) is 42.8 Å². The van der Waals surface area contributed by atoms with Gasteiger partial charge in [0.25, 0.3) is 5.91 Å². The van der Waals surface area contributed by atoms with Crippen LogP contribution in [0.1, 0.15) is 27.3 Å². The van der Waals surface area contributed by atoms with Crippen LogP contribution in [-0.2, 0) is 27.8 Å². The van der Waals surface area contributed by atoms with Crippen molar-refractivity contribution in [2.75, 3.05) is 39.8 Å². The summed E-state index contributed by atoms with van der Waals surface area (Å²) < 4.78 is 28.4. The number of fused-ring (bicyclic) bond motifs is 2. The van der Waals surface area contributed by atoms with Gasteiger partial charge in [-0.15, -0.1) is 23.7 Å². The average molecular weight is 599 g/mol. The first-order chi connectivity index (χ1) is 17.7. The van der Waals surface area contributed by atoms with E-state index >= 15 is 0 Å². The van der Waals surface area contributed by atoms with E-state index in [2.05, 4.69) is 22.1 Å². The number of halogens is 2.